The van der Waals surface area contributed by atoms with Crippen LogP contribution in [0.2, 0.25) is 0 Å². The Morgan fingerprint density at radius 1 is 0.733 bits per heavy atom. The van der Waals surface area contributed by atoms with Crippen LogP contribution in [0.3, 0.4) is 0 Å². The van der Waals surface area contributed by atoms with E-state index in [-0.39, 0.29) is 11.6 Å². The molecule has 0 amide bonds. The number of para-hydroxylation sites is 3. The maximum Gasteiger partial charge on any atom is 0.161 e. The van der Waals surface area contributed by atoms with Gasteiger partial charge >= 0.3 is 0 Å². The summed E-state index contributed by atoms with van der Waals surface area (Å²) >= 11 is 0. The summed E-state index contributed by atoms with van der Waals surface area (Å²) in [5.41, 5.74) is 10.1. The number of rotatable bonds is 9. The molecule has 1 atom stereocenters. The van der Waals surface area contributed by atoms with Gasteiger partial charge in [0, 0.05) is 28.9 Å². The van der Waals surface area contributed by atoms with Gasteiger partial charge in [0.15, 0.2) is 5.82 Å². The molecule has 0 aliphatic carbocycles. The maximum absolute atomic E-state index is 5.20. The Balaban J connectivity index is 1.46. The molecule has 0 saturated heterocycles. The van der Waals surface area contributed by atoms with Crippen molar-refractivity contribution in [2.45, 2.75) is 77.3 Å². The molecule has 2 aliphatic rings. The minimum Gasteiger partial charge on any atom is -0.315 e. The van der Waals surface area contributed by atoms with Crippen molar-refractivity contribution in [3.63, 3.8) is 0 Å². The smallest absolute Gasteiger partial charge is 0.161 e. The van der Waals surface area contributed by atoms with E-state index in [2.05, 4.69) is 151 Å². The fourth-order valence-corrected chi connectivity index (χ4v) is 7.70. The fraction of sp³-hybridized carbons (Fsp3) is 0.293. The lowest BCUT2D eigenvalue weighted by atomic mass is 9.72. The van der Waals surface area contributed by atoms with Crippen LogP contribution in [0.25, 0.3) is 0 Å². The topological polar surface area (TPSA) is 22.6 Å². The molecule has 0 N–H and O–H groups in total. The summed E-state index contributed by atoms with van der Waals surface area (Å²) in [6, 6.07) is 42.2. The molecule has 0 bridgehead atoms. The van der Waals surface area contributed by atoms with Crippen molar-refractivity contribution in [1.29, 1.82) is 0 Å². The summed E-state index contributed by atoms with van der Waals surface area (Å²) in [6.07, 6.45) is 10.1. The summed E-state index contributed by atoms with van der Waals surface area (Å²) in [5, 5.41) is 0. The van der Waals surface area contributed by atoms with E-state index in [9.17, 15) is 0 Å². The number of aryl methyl sites for hydroxylation is 1. The quantitative estimate of drug-likeness (QED) is 0.170. The fourth-order valence-electron chi connectivity index (χ4n) is 7.70. The minimum absolute atomic E-state index is 0.117. The van der Waals surface area contributed by atoms with E-state index >= 15 is 0 Å². The highest BCUT2D eigenvalue weighted by Gasteiger charge is 2.47. The lowest BCUT2D eigenvalue weighted by molar-refractivity contribution is 0.354. The van der Waals surface area contributed by atoms with Crippen molar-refractivity contribution < 1.29 is 0 Å². The minimum atomic E-state index is 0.117. The SMILES string of the molecule is CCCCc1ccc(N(c2ccccc2)c2ccnc3c2N(c2ccccc2)C2CCC(CC)(CC)c4ccccc4N32)cc1. The van der Waals surface area contributed by atoms with Crippen molar-refractivity contribution in [2.75, 3.05) is 14.7 Å². The van der Waals surface area contributed by atoms with Crippen molar-refractivity contribution in [3.05, 3.63) is 133 Å². The molecule has 2 aliphatic heterocycles. The van der Waals surface area contributed by atoms with Gasteiger partial charge in [-0.2, -0.15) is 0 Å². The highest BCUT2D eigenvalue weighted by molar-refractivity contribution is 5.98. The van der Waals surface area contributed by atoms with Crippen LogP contribution in [-0.2, 0) is 11.8 Å². The molecule has 228 valence electrons. The molecule has 0 fully saturated rings. The molecular weight excluding hydrogens is 548 g/mol. The first-order valence-corrected chi connectivity index (χ1v) is 16.8. The Morgan fingerprint density at radius 2 is 1.40 bits per heavy atom. The molecule has 45 heavy (non-hydrogen) atoms. The zero-order valence-electron chi connectivity index (χ0n) is 26.9. The predicted molar refractivity (Wildman–Crippen MR) is 190 cm³/mol. The van der Waals surface area contributed by atoms with Gasteiger partial charge in [-0.25, -0.2) is 4.98 Å². The third-order valence-electron chi connectivity index (χ3n) is 10.2. The van der Waals surface area contributed by atoms with E-state index in [1.165, 1.54) is 35.3 Å². The summed E-state index contributed by atoms with van der Waals surface area (Å²) in [5.74, 6) is 1.03. The molecule has 4 heteroatoms. The van der Waals surface area contributed by atoms with E-state index in [0.717, 1.165) is 60.7 Å². The van der Waals surface area contributed by atoms with Gasteiger partial charge in [-0.15, -0.1) is 0 Å². The van der Waals surface area contributed by atoms with E-state index in [4.69, 9.17) is 4.98 Å². The molecule has 1 aromatic heterocycles. The largest absolute Gasteiger partial charge is 0.315 e. The second kappa shape index (κ2) is 12.4. The van der Waals surface area contributed by atoms with Crippen LogP contribution >= 0.6 is 0 Å². The van der Waals surface area contributed by atoms with Crippen LogP contribution < -0.4 is 14.7 Å². The Hall–Kier alpha value is -4.57. The molecule has 5 aromatic rings. The Bertz CT molecular complexity index is 1730. The first kappa shape index (κ1) is 29.2. The van der Waals surface area contributed by atoms with Gasteiger partial charge in [0.2, 0.25) is 0 Å². The van der Waals surface area contributed by atoms with Crippen LogP contribution in [0.15, 0.2) is 121 Å². The van der Waals surface area contributed by atoms with Crippen LogP contribution in [0.4, 0.5) is 39.9 Å². The number of aromatic nitrogens is 1. The van der Waals surface area contributed by atoms with Crippen LogP contribution in [0.1, 0.15) is 70.4 Å². The summed E-state index contributed by atoms with van der Waals surface area (Å²) < 4.78 is 0. The second-order valence-corrected chi connectivity index (χ2v) is 12.5. The molecule has 4 nitrogen and oxygen atoms in total. The Labute approximate surface area is 269 Å². The van der Waals surface area contributed by atoms with E-state index in [1.54, 1.807) is 0 Å². The number of pyridine rings is 1. The number of fused-ring (bicyclic) bond motifs is 5. The van der Waals surface area contributed by atoms with Crippen LogP contribution in [0.5, 0.6) is 0 Å². The monoisotopic (exact) mass is 592 g/mol. The van der Waals surface area contributed by atoms with E-state index in [0.29, 0.717) is 0 Å². The van der Waals surface area contributed by atoms with E-state index < -0.39 is 0 Å². The summed E-state index contributed by atoms with van der Waals surface area (Å²) in [4.78, 5) is 12.7. The molecular formula is C41H44N4. The zero-order chi connectivity index (χ0) is 30.8. The lowest BCUT2D eigenvalue weighted by Crippen LogP contribution is -2.38. The number of unbranched alkanes of at least 4 members (excludes halogenated alkanes) is 1. The van der Waals surface area contributed by atoms with Crippen molar-refractivity contribution in [1.82, 2.24) is 4.98 Å². The average Bonchev–Trinajstić information content (AvgIpc) is 3.36. The third kappa shape index (κ3) is 5.07. The van der Waals surface area contributed by atoms with Gasteiger partial charge in [0.1, 0.15) is 11.9 Å². The lowest BCUT2D eigenvalue weighted by Gasteiger charge is -2.34. The van der Waals surface area contributed by atoms with Gasteiger partial charge in [0.05, 0.1) is 5.69 Å². The highest BCUT2D eigenvalue weighted by atomic mass is 15.5. The highest BCUT2D eigenvalue weighted by Crippen LogP contribution is 2.58. The first-order chi connectivity index (χ1) is 22.2. The van der Waals surface area contributed by atoms with Crippen LogP contribution in [-0.4, -0.2) is 11.1 Å². The van der Waals surface area contributed by atoms with Crippen LogP contribution in [0, 0.1) is 0 Å². The van der Waals surface area contributed by atoms with E-state index in [1.807, 2.05) is 6.20 Å². The molecule has 4 aromatic carbocycles. The van der Waals surface area contributed by atoms with Crippen molar-refractivity contribution in [2.24, 2.45) is 0 Å². The normalized spacial score (nSPS) is 16.5. The Morgan fingerprint density at radius 3 is 2.11 bits per heavy atom. The van der Waals surface area contributed by atoms with Gasteiger partial charge in [-0.05, 0) is 104 Å². The third-order valence-corrected chi connectivity index (χ3v) is 10.2. The van der Waals surface area contributed by atoms with Crippen molar-refractivity contribution in [3.8, 4) is 0 Å². The number of hydrogen-bond acceptors (Lipinski definition) is 4. The molecule has 0 radical (unpaired) electrons. The molecule has 0 saturated carbocycles. The van der Waals surface area contributed by atoms with Gasteiger partial charge in [-0.3, -0.25) is 0 Å². The predicted octanol–water partition coefficient (Wildman–Crippen LogP) is 11.4. The summed E-state index contributed by atoms with van der Waals surface area (Å²) in [6.45, 7) is 6.98. The average molecular weight is 593 g/mol. The first-order valence-electron chi connectivity index (χ1n) is 16.8. The maximum atomic E-state index is 5.20. The number of anilines is 7. The van der Waals surface area contributed by atoms with Gasteiger partial charge in [-0.1, -0.05) is 93.9 Å². The van der Waals surface area contributed by atoms with Gasteiger partial charge < -0.3 is 14.7 Å². The van der Waals surface area contributed by atoms with Crippen molar-refractivity contribution >= 4 is 39.9 Å². The molecule has 7 rings (SSSR count). The van der Waals surface area contributed by atoms with Gasteiger partial charge in [0.25, 0.3) is 0 Å². The molecule has 3 heterocycles. The number of nitrogens with zero attached hydrogens (tertiary/aromatic N) is 4. The second-order valence-electron chi connectivity index (χ2n) is 12.5. The zero-order valence-corrected chi connectivity index (χ0v) is 26.9. The number of benzene rings is 4. The standard InChI is InChI=1S/C41H44N4/c1-4-7-16-31-23-25-34(26-24-31)43(32-17-10-8-11-18-32)37-28-30-42-40-39(37)44(33-19-12-9-13-20-33)38-27-29-41(5-2,6-3)35-21-14-15-22-36(35)45(38)40/h8-15,17-26,28,30,38H,4-7,16,27,29H2,1-3H3. The molecule has 1 unspecified atom stereocenters. The Kier molecular flexibility index (Phi) is 8.06. The molecule has 0 spiro atoms. The summed E-state index contributed by atoms with van der Waals surface area (Å²) in [7, 11) is 0. The number of hydrogen-bond donors (Lipinski definition) is 0.